The fourth-order valence-corrected chi connectivity index (χ4v) is 3.50. The van der Waals surface area contributed by atoms with E-state index in [0.717, 1.165) is 31.2 Å². The van der Waals surface area contributed by atoms with E-state index in [2.05, 4.69) is 6.58 Å². The highest BCUT2D eigenvalue weighted by Crippen LogP contribution is 2.27. The molecule has 2 aromatic rings. The van der Waals surface area contributed by atoms with Crippen molar-refractivity contribution in [3.8, 4) is 0 Å². The zero-order valence-electron chi connectivity index (χ0n) is 17.5. The Bertz CT molecular complexity index is 958. The maximum atomic E-state index is 12.4. The minimum atomic E-state index is -0.491. The Kier molecular flexibility index (Phi) is 7.49. The summed E-state index contributed by atoms with van der Waals surface area (Å²) in [4.78, 5) is 24.3. The molecule has 0 aromatic heterocycles. The van der Waals surface area contributed by atoms with Crippen LogP contribution in [0.3, 0.4) is 0 Å². The van der Waals surface area contributed by atoms with Crippen molar-refractivity contribution < 1.29 is 19.1 Å². The van der Waals surface area contributed by atoms with Gasteiger partial charge in [0.25, 0.3) is 0 Å². The van der Waals surface area contributed by atoms with Crippen molar-refractivity contribution >= 4 is 29.4 Å². The van der Waals surface area contributed by atoms with Gasteiger partial charge in [-0.3, -0.25) is 0 Å². The van der Waals surface area contributed by atoms with Crippen LogP contribution in [0.5, 0.6) is 0 Å². The third-order valence-electron chi connectivity index (χ3n) is 5.42. The average molecular weight is 421 g/mol. The first-order chi connectivity index (χ1) is 14.9. The number of hydrogen-bond acceptors (Lipinski definition) is 6. The molecular weight excluding hydrogens is 392 g/mol. The average Bonchev–Trinajstić information content (AvgIpc) is 2.78. The maximum Gasteiger partial charge on any atom is 0.338 e. The van der Waals surface area contributed by atoms with Gasteiger partial charge in [0.2, 0.25) is 0 Å². The van der Waals surface area contributed by atoms with Gasteiger partial charge >= 0.3 is 11.9 Å². The van der Waals surface area contributed by atoms with Crippen molar-refractivity contribution in [1.82, 2.24) is 0 Å². The smallest absolute Gasteiger partial charge is 0.338 e. The van der Waals surface area contributed by atoms with Gasteiger partial charge in [-0.2, -0.15) is 0 Å². The molecule has 6 heteroatoms. The number of carbonyl (C=O) groups is 2. The third kappa shape index (κ3) is 6.47. The Balaban J connectivity index is 1.48. The largest absolute Gasteiger partial charge is 0.459 e. The van der Waals surface area contributed by atoms with Gasteiger partial charge in [0, 0.05) is 23.0 Å². The monoisotopic (exact) mass is 420 g/mol. The van der Waals surface area contributed by atoms with Crippen molar-refractivity contribution in [2.45, 2.75) is 38.4 Å². The molecule has 2 aromatic carbocycles. The lowest BCUT2D eigenvalue weighted by Crippen LogP contribution is -2.23. The number of carbonyl (C=O) groups excluding carboxylic acids is 2. The molecule has 0 bridgehead atoms. The van der Waals surface area contributed by atoms with E-state index in [1.54, 1.807) is 48.5 Å². The Labute approximate surface area is 182 Å². The number of nitrogens with two attached hydrogens (primary N) is 2. The molecule has 1 aliphatic carbocycles. The molecule has 162 valence electrons. The fourth-order valence-electron chi connectivity index (χ4n) is 3.50. The molecule has 1 saturated carbocycles. The predicted octanol–water partition coefficient (Wildman–Crippen LogP) is 4.51. The van der Waals surface area contributed by atoms with E-state index in [1.807, 2.05) is 6.08 Å². The zero-order chi connectivity index (χ0) is 22.2. The van der Waals surface area contributed by atoms with Gasteiger partial charge in [-0.25, -0.2) is 9.59 Å². The Morgan fingerprint density at radius 1 is 1.03 bits per heavy atom. The summed E-state index contributed by atoms with van der Waals surface area (Å²) in [5, 5.41) is 0. The highest BCUT2D eigenvalue weighted by molar-refractivity contribution is 5.90. The topological polar surface area (TPSA) is 105 Å². The number of rotatable bonds is 7. The SMILES string of the molecule is C=CC1CCC(OC(=O)c2ccc(/C=C/C(=O)OCc3ccc(N)cc3N)cc2)CC1. The van der Waals surface area contributed by atoms with Crippen LogP contribution in [0.1, 0.15) is 47.2 Å². The van der Waals surface area contributed by atoms with Crippen molar-refractivity contribution in [3.63, 3.8) is 0 Å². The molecule has 0 aliphatic heterocycles. The summed E-state index contributed by atoms with van der Waals surface area (Å²) in [6.45, 7) is 3.90. The van der Waals surface area contributed by atoms with E-state index >= 15 is 0 Å². The first-order valence-corrected chi connectivity index (χ1v) is 10.4. The summed E-state index contributed by atoms with van der Waals surface area (Å²) in [6.07, 6.45) is 8.65. The molecule has 4 N–H and O–H groups in total. The van der Waals surface area contributed by atoms with Gasteiger partial charge in [-0.15, -0.1) is 6.58 Å². The van der Waals surface area contributed by atoms with Gasteiger partial charge in [-0.05, 0) is 67.5 Å². The lowest BCUT2D eigenvalue weighted by Gasteiger charge is -2.26. The van der Waals surface area contributed by atoms with Gasteiger partial charge in [0.05, 0.1) is 5.56 Å². The van der Waals surface area contributed by atoms with Crippen LogP contribution in [0.2, 0.25) is 0 Å². The molecule has 6 nitrogen and oxygen atoms in total. The number of allylic oxidation sites excluding steroid dienone is 1. The third-order valence-corrected chi connectivity index (χ3v) is 5.42. The normalized spacial score (nSPS) is 18.5. The summed E-state index contributed by atoms with van der Waals surface area (Å²) >= 11 is 0. The quantitative estimate of drug-likeness (QED) is 0.296. The van der Waals surface area contributed by atoms with Crippen molar-refractivity contribution in [2.75, 3.05) is 11.5 Å². The van der Waals surface area contributed by atoms with Gasteiger partial charge in [0.15, 0.2) is 0 Å². The summed E-state index contributed by atoms with van der Waals surface area (Å²) in [6, 6.07) is 12.0. The van der Waals surface area contributed by atoms with Gasteiger partial charge < -0.3 is 20.9 Å². The van der Waals surface area contributed by atoms with Crippen LogP contribution in [0.15, 0.2) is 61.2 Å². The second kappa shape index (κ2) is 10.5. The summed E-state index contributed by atoms with van der Waals surface area (Å²) in [5.41, 5.74) is 14.5. The highest BCUT2D eigenvalue weighted by Gasteiger charge is 2.22. The molecule has 1 aliphatic rings. The van der Waals surface area contributed by atoms with Crippen LogP contribution in [0, 0.1) is 5.92 Å². The predicted molar refractivity (Wildman–Crippen MR) is 122 cm³/mol. The van der Waals surface area contributed by atoms with Crippen LogP contribution < -0.4 is 11.5 Å². The molecule has 3 rings (SSSR count). The van der Waals surface area contributed by atoms with Crippen molar-refractivity contribution in [2.24, 2.45) is 5.92 Å². The molecule has 0 heterocycles. The zero-order valence-corrected chi connectivity index (χ0v) is 17.5. The molecule has 0 spiro atoms. The summed E-state index contributed by atoms with van der Waals surface area (Å²) in [5.74, 6) is -0.288. The van der Waals surface area contributed by atoms with Crippen LogP contribution >= 0.6 is 0 Å². The number of benzene rings is 2. The molecule has 0 radical (unpaired) electrons. The van der Waals surface area contributed by atoms with E-state index in [-0.39, 0.29) is 18.7 Å². The van der Waals surface area contributed by atoms with E-state index in [0.29, 0.717) is 28.4 Å². The van der Waals surface area contributed by atoms with Crippen LogP contribution in [0.4, 0.5) is 11.4 Å². The van der Waals surface area contributed by atoms with E-state index in [1.165, 1.54) is 6.08 Å². The Hall–Kier alpha value is -3.54. The lowest BCUT2D eigenvalue weighted by atomic mass is 9.87. The second-order valence-corrected chi connectivity index (χ2v) is 7.70. The molecule has 0 unspecified atom stereocenters. The lowest BCUT2D eigenvalue weighted by molar-refractivity contribution is -0.138. The van der Waals surface area contributed by atoms with E-state index in [4.69, 9.17) is 20.9 Å². The van der Waals surface area contributed by atoms with Crippen molar-refractivity contribution in [1.29, 1.82) is 0 Å². The maximum absolute atomic E-state index is 12.4. The van der Waals surface area contributed by atoms with Crippen molar-refractivity contribution in [3.05, 3.63) is 77.9 Å². The standard InChI is InChI=1S/C25H28N2O4/c1-2-17-5-12-22(13-6-17)31-25(29)19-8-3-18(4-9-19)7-14-24(28)30-16-20-10-11-21(26)15-23(20)27/h2-4,7-11,14-15,17,22H,1,5-6,12-13,16,26-27H2/b14-7+. The number of esters is 2. The highest BCUT2D eigenvalue weighted by atomic mass is 16.5. The van der Waals surface area contributed by atoms with Crippen LogP contribution in [-0.4, -0.2) is 18.0 Å². The molecular formula is C25H28N2O4. The first kappa shape index (κ1) is 22.2. The minimum Gasteiger partial charge on any atom is -0.459 e. The summed E-state index contributed by atoms with van der Waals surface area (Å²) < 4.78 is 10.8. The molecule has 0 amide bonds. The van der Waals surface area contributed by atoms with E-state index in [9.17, 15) is 9.59 Å². The first-order valence-electron chi connectivity index (χ1n) is 10.4. The molecule has 1 fully saturated rings. The number of ether oxygens (including phenoxy) is 2. The number of nitrogen functional groups attached to an aromatic ring is 2. The molecule has 0 saturated heterocycles. The number of hydrogen-bond donors (Lipinski definition) is 2. The molecule has 31 heavy (non-hydrogen) atoms. The van der Waals surface area contributed by atoms with Gasteiger partial charge in [0.1, 0.15) is 12.7 Å². The van der Waals surface area contributed by atoms with Crippen LogP contribution in [-0.2, 0) is 20.9 Å². The van der Waals surface area contributed by atoms with Crippen LogP contribution in [0.25, 0.3) is 6.08 Å². The fraction of sp³-hybridized carbons (Fsp3) is 0.280. The molecule has 0 atom stereocenters. The second-order valence-electron chi connectivity index (χ2n) is 7.70. The summed E-state index contributed by atoms with van der Waals surface area (Å²) in [7, 11) is 0. The Morgan fingerprint density at radius 2 is 1.74 bits per heavy atom. The van der Waals surface area contributed by atoms with E-state index < -0.39 is 5.97 Å². The Morgan fingerprint density at radius 3 is 2.39 bits per heavy atom. The van der Waals surface area contributed by atoms with Gasteiger partial charge in [-0.1, -0.05) is 24.3 Å². The number of anilines is 2. The minimum absolute atomic E-state index is 0.0341.